The molecule has 0 atom stereocenters. The number of rotatable bonds is 3. The Bertz CT molecular complexity index is 607. The van der Waals surface area contributed by atoms with Crippen molar-refractivity contribution in [3.63, 3.8) is 0 Å². The van der Waals surface area contributed by atoms with Crippen LogP contribution in [0, 0.1) is 12.7 Å². The topological polar surface area (TPSA) is 29.1 Å². The molecular formula is C16H16FNO. The van der Waals surface area contributed by atoms with Crippen LogP contribution >= 0.6 is 0 Å². The Labute approximate surface area is 112 Å². The monoisotopic (exact) mass is 257 g/mol. The summed E-state index contributed by atoms with van der Waals surface area (Å²) >= 11 is 0. The van der Waals surface area contributed by atoms with Gasteiger partial charge < -0.3 is 5.32 Å². The van der Waals surface area contributed by atoms with E-state index in [-0.39, 0.29) is 11.7 Å². The van der Waals surface area contributed by atoms with Crippen molar-refractivity contribution in [2.75, 3.05) is 7.05 Å². The fourth-order valence-corrected chi connectivity index (χ4v) is 2.08. The highest BCUT2D eigenvalue weighted by molar-refractivity contribution is 5.82. The summed E-state index contributed by atoms with van der Waals surface area (Å²) in [5, 5.41) is 2.61. The van der Waals surface area contributed by atoms with E-state index in [0.29, 0.717) is 6.42 Å². The van der Waals surface area contributed by atoms with Crippen LogP contribution in [-0.4, -0.2) is 13.0 Å². The van der Waals surface area contributed by atoms with E-state index in [9.17, 15) is 9.18 Å². The molecule has 19 heavy (non-hydrogen) atoms. The SMILES string of the molecule is CNC(=O)Cc1ccccc1-c1cc(F)ccc1C. The first-order valence-corrected chi connectivity index (χ1v) is 6.17. The van der Waals surface area contributed by atoms with E-state index in [1.165, 1.54) is 12.1 Å². The molecule has 0 spiro atoms. The molecule has 98 valence electrons. The predicted octanol–water partition coefficient (Wildman–Crippen LogP) is 3.09. The van der Waals surface area contributed by atoms with Crippen molar-refractivity contribution in [2.24, 2.45) is 0 Å². The maximum Gasteiger partial charge on any atom is 0.224 e. The first-order valence-electron chi connectivity index (χ1n) is 6.17. The van der Waals surface area contributed by atoms with Gasteiger partial charge in [0.25, 0.3) is 0 Å². The quantitative estimate of drug-likeness (QED) is 0.899. The number of halogens is 1. The highest BCUT2D eigenvalue weighted by atomic mass is 19.1. The van der Waals surface area contributed by atoms with E-state index in [4.69, 9.17) is 0 Å². The van der Waals surface area contributed by atoms with Gasteiger partial charge in [0.15, 0.2) is 0 Å². The van der Waals surface area contributed by atoms with Gasteiger partial charge in [0.1, 0.15) is 5.82 Å². The fraction of sp³-hybridized carbons (Fsp3) is 0.188. The minimum Gasteiger partial charge on any atom is -0.359 e. The third-order valence-electron chi connectivity index (χ3n) is 3.14. The van der Waals surface area contributed by atoms with Gasteiger partial charge in [0.05, 0.1) is 6.42 Å². The summed E-state index contributed by atoms with van der Waals surface area (Å²) in [7, 11) is 1.61. The largest absolute Gasteiger partial charge is 0.359 e. The highest BCUT2D eigenvalue weighted by Crippen LogP contribution is 2.27. The molecule has 1 N–H and O–H groups in total. The third-order valence-corrected chi connectivity index (χ3v) is 3.14. The Morgan fingerprint density at radius 3 is 2.63 bits per heavy atom. The van der Waals surface area contributed by atoms with E-state index in [1.807, 2.05) is 31.2 Å². The molecule has 0 aliphatic carbocycles. The fourth-order valence-electron chi connectivity index (χ4n) is 2.08. The second-order valence-corrected chi connectivity index (χ2v) is 4.47. The molecule has 2 nitrogen and oxygen atoms in total. The standard InChI is InChI=1S/C16H16FNO/c1-11-7-8-13(17)10-15(11)14-6-4-3-5-12(14)9-16(19)18-2/h3-8,10H,9H2,1-2H3,(H,18,19). The number of amides is 1. The van der Waals surface area contributed by atoms with E-state index in [1.54, 1.807) is 13.1 Å². The van der Waals surface area contributed by atoms with Gasteiger partial charge in [-0.25, -0.2) is 4.39 Å². The van der Waals surface area contributed by atoms with Crippen molar-refractivity contribution in [3.05, 3.63) is 59.4 Å². The summed E-state index contributed by atoms with van der Waals surface area (Å²) in [5.74, 6) is -0.322. The van der Waals surface area contributed by atoms with Crippen molar-refractivity contribution in [1.29, 1.82) is 0 Å². The van der Waals surface area contributed by atoms with Gasteiger partial charge in [0.2, 0.25) is 5.91 Å². The van der Waals surface area contributed by atoms with Gasteiger partial charge in [-0.1, -0.05) is 30.3 Å². The lowest BCUT2D eigenvalue weighted by Crippen LogP contribution is -2.20. The predicted molar refractivity (Wildman–Crippen MR) is 74.3 cm³/mol. The van der Waals surface area contributed by atoms with Crippen LogP contribution in [0.2, 0.25) is 0 Å². The van der Waals surface area contributed by atoms with Crippen LogP contribution < -0.4 is 5.32 Å². The molecule has 0 heterocycles. The van der Waals surface area contributed by atoms with Crippen LogP contribution in [0.25, 0.3) is 11.1 Å². The molecule has 2 aromatic carbocycles. The lowest BCUT2D eigenvalue weighted by molar-refractivity contribution is -0.119. The van der Waals surface area contributed by atoms with E-state index >= 15 is 0 Å². The van der Waals surface area contributed by atoms with Gasteiger partial charge >= 0.3 is 0 Å². The lowest BCUT2D eigenvalue weighted by atomic mass is 9.94. The Morgan fingerprint density at radius 2 is 1.89 bits per heavy atom. The van der Waals surface area contributed by atoms with Crippen LogP contribution in [0.15, 0.2) is 42.5 Å². The van der Waals surface area contributed by atoms with Crippen molar-refractivity contribution < 1.29 is 9.18 Å². The van der Waals surface area contributed by atoms with E-state index in [0.717, 1.165) is 22.3 Å². The van der Waals surface area contributed by atoms with Gasteiger partial charge in [-0.15, -0.1) is 0 Å². The lowest BCUT2D eigenvalue weighted by Gasteiger charge is -2.11. The highest BCUT2D eigenvalue weighted by Gasteiger charge is 2.10. The summed E-state index contributed by atoms with van der Waals surface area (Å²) in [6.07, 6.45) is 0.294. The summed E-state index contributed by atoms with van der Waals surface area (Å²) in [6, 6.07) is 12.3. The molecule has 1 amide bonds. The van der Waals surface area contributed by atoms with Gasteiger partial charge in [-0.05, 0) is 41.3 Å². The third kappa shape index (κ3) is 2.99. The Morgan fingerprint density at radius 1 is 1.16 bits per heavy atom. The maximum atomic E-state index is 13.4. The first-order chi connectivity index (χ1) is 9.11. The number of aryl methyl sites for hydroxylation is 1. The Kier molecular flexibility index (Phi) is 3.95. The molecule has 0 saturated heterocycles. The molecule has 0 aliphatic rings. The van der Waals surface area contributed by atoms with E-state index in [2.05, 4.69) is 5.32 Å². The molecule has 2 aromatic rings. The number of nitrogens with one attached hydrogen (secondary N) is 1. The molecule has 0 bridgehead atoms. The molecular weight excluding hydrogens is 241 g/mol. The summed E-state index contributed by atoms with van der Waals surface area (Å²) in [4.78, 5) is 11.5. The van der Waals surface area contributed by atoms with Gasteiger partial charge in [-0.3, -0.25) is 4.79 Å². The second kappa shape index (κ2) is 5.65. The van der Waals surface area contributed by atoms with Crippen LogP contribution in [0.1, 0.15) is 11.1 Å². The molecule has 0 aromatic heterocycles. The zero-order valence-electron chi connectivity index (χ0n) is 11.0. The van der Waals surface area contributed by atoms with Crippen molar-refractivity contribution in [1.82, 2.24) is 5.32 Å². The molecule has 3 heteroatoms. The normalized spacial score (nSPS) is 10.3. The van der Waals surface area contributed by atoms with Crippen LogP contribution in [0.3, 0.4) is 0 Å². The van der Waals surface area contributed by atoms with Crippen molar-refractivity contribution in [3.8, 4) is 11.1 Å². The summed E-state index contributed by atoms with van der Waals surface area (Å²) in [5.41, 5.74) is 3.63. The van der Waals surface area contributed by atoms with Crippen LogP contribution in [0.5, 0.6) is 0 Å². The first kappa shape index (κ1) is 13.3. The smallest absolute Gasteiger partial charge is 0.224 e. The van der Waals surface area contributed by atoms with Crippen LogP contribution in [-0.2, 0) is 11.2 Å². The summed E-state index contributed by atoms with van der Waals surface area (Å²) < 4.78 is 13.4. The number of likely N-dealkylation sites (N-methyl/N-ethyl adjacent to an activating group) is 1. The molecule has 0 fully saturated rings. The molecule has 0 saturated carbocycles. The minimum atomic E-state index is -0.268. The maximum absolute atomic E-state index is 13.4. The summed E-state index contributed by atoms with van der Waals surface area (Å²) in [6.45, 7) is 1.94. The van der Waals surface area contributed by atoms with Gasteiger partial charge in [0, 0.05) is 7.05 Å². The van der Waals surface area contributed by atoms with Crippen molar-refractivity contribution in [2.45, 2.75) is 13.3 Å². The van der Waals surface area contributed by atoms with Crippen LogP contribution in [0.4, 0.5) is 4.39 Å². The van der Waals surface area contributed by atoms with Gasteiger partial charge in [-0.2, -0.15) is 0 Å². The number of carbonyl (C=O) groups is 1. The number of hydrogen-bond acceptors (Lipinski definition) is 1. The number of carbonyl (C=O) groups excluding carboxylic acids is 1. The second-order valence-electron chi connectivity index (χ2n) is 4.47. The number of hydrogen-bond donors (Lipinski definition) is 1. The molecule has 0 aliphatic heterocycles. The molecule has 0 unspecified atom stereocenters. The molecule has 2 rings (SSSR count). The molecule has 0 radical (unpaired) electrons. The number of benzene rings is 2. The van der Waals surface area contributed by atoms with E-state index < -0.39 is 0 Å². The zero-order valence-corrected chi connectivity index (χ0v) is 11.0. The van der Waals surface area contributed by atoms with Crippen molar-refractivity contribution >= 4 is 5.91 Å². The Balaban J connectivity index is 2.50. The average molecular weight is 257 g/mol. The average Bonchev–Trinajstić information content (AvgIpc) is 2.42. The zero-order chi connectivity index (χ0) is 13.8. The minimum absolute atomic E-state index is 0.0542. The Hall–Kier alpha value is -2.16.